The average Bonchev–Trinajstić information content (AvgIpc) is 2.94. The number of carbonyl (C=O) groups is 1. The number of esters is 1. The minimum atomic E-state index is -4.83. The molecule has 4 nitrogen and oxygen atoms in total. The smallest absolute Gasteiger partial charge is 0.482 e. The van der Waals surface area contributed by atoms with Crippen molar-refractivity contribution in [2.24, 2.45) is 0 Å². The van der Waals surface area contributed by atoms with Crippen molar-refractivity contribution in [3.8, 4) is 23.8 Å². The van der Waals surface area contributed by atoms with Crippen LogP contribution in [-0.4, -0.2) is 18.9 Å². The van der Waals surface area contributed by atoms with Crippen molar-refractivity contribution < 1.29 is 36.6 Å². The number of hydrogen-bond acceptors (Lipinski definition) is 4. The van der Waals surface area contributed by atoms with Gasteiger partial charge in [-0.05, 0) is 79.7 Å². The zero-order valence-electron chi connectivity index (χ0n) is 21.2. The lowest BCUT2D eigenvalue weighted by atomic mass is 9.96. The van der Waals surface area contributed by atoms with Crippen LogP contribution in [0.4, 0.5) is 17.6 Å². The third kappa shape index (κ3) is 7.36. The molecule has 0 spiro atoms. The number of hydrogen-bond donors (Lipinski definition) is 0. The molecule has 0 heterocycles. The molecule has 204 valence electrons. The van der Waals surface area contributed by atoms with Gasteiger partial charge in [-0.25, -0.2) is 9.18 Å². The van der Waals surface area contributed by atoms with Crippen LogP contribution in [0.3, 0.4) is 0 Å². The van der Waals surface area contributed by atoms with Crippen molar-refractivity contribution in [1.29, 1.82) is 0 Å². The predicted molar refractivity (Wildman–Crippen MR) is 142 cm³/mol. The van der Waals surface area contributed by atoms with Crippen molar-refractivity contribution in [1.82, 2.24) is 0 Å². The molecule has 2 atom stereocenters. The Morgan fingerprint density at radius 2 is 1.32 bits per heavy atom. The SMILES string of the molecule is C#CC(C)(OC(=O)COc1ccc([S+](c2ccccc2)c2ccc(F)cc2)cc1)c1ccc(OC(F)(F)F)cc1. The van der Waals surface area contributed by atoms with E-state index in [-0.39, 0.29) is 11.4 Å². The summed E-state index contributed by atoms with van der Waals surface area (Å²) in [6.45, 7) is 0.994. The Bertz CT molecular complexity index is 1470. The molecule has 0 fully saturated rings. The third-order valence-corrected chi connectivity index (χ3v) is 7.91. The van der Waals surface area contributed by atoms with Gasteiger partial charge >= 0.3 is 12.3 Å². The van der Waals surface area contributed by atoms with Gasteiger partial charge in [-0.1, -0.05) is 36.3 Å². The van der Waals surface area contributed by atoms with Gasteiger partial charge in [0.05, 0.1) is 10.9 Å². The van der Waals surface area contributed by atoms with Crippen LogP contribution in [0.1, 0.15) is 12.5 Å². The van der Waals surface area contributed by atoms with Crippen molar-refractivity contribution in [2.75, 3.05) is 6.61 Å². The van der Waals surface area contributed by atoms with Gasteiger partial charge in [0.1, 0.15) is 17.3 Å². The van der Waals surface area contributed by atoms with Gasteiger partial charge in [0.15, 0.2) is 26.9 Å². The maximum atomic E-state index is 13.5. The monoisotopic (exact) mass is 567 g/mol. The summed E-state index contributed by atoms with van der Waals surface area (Å²) in [5.41, 5.74) is -1.25. The van der Waals surface area contributed by atoms with Crippen LogP contribution in [0.5, 0.6) is 11.5 Å². The molecule has 0 saturated carbocycles. The standard InChI is InChI=1S/C31H23F4O4S/c1-3-30(2,22-9-13-25(14-10-22)38-31(33,34)35)39-29(36)21-37-24-15-19-28(20-16-24)40(26-7-5-4-6-8-26)27-17-11-23(32)12-18-27/h1,4-20H,21H2,2H3/q+1. The Morgan fingerprint density at radius 3 is 1.88 bits per heavy atom. The van der Waals surface area contributed by atoms with Crippen LogP contribution in [0.2, 0.25) is 0 Å². The number of terminal acetylenes is 1. The summed E-state index contributed by atoms with van der Waals surface area (Å²) in [5, 5.41) is 0. The Balaban J connectivity index is 1.42. The highest BCUT2D eigenvalue weighted by Crippen LogP contribution is 2.33. The Kier molecular flexibility index (Phi) is 8.70. The summed E-state index contributed by atoms with van der Waals surface area (Å²) in [4.78, 5) is 15.5. The first-order valence-electron chi connectivity index (χ1n) is 11.9. The molecule has 0 N–H and O–H groups in total. The lowest BCUT2D eigenvalue weighted by Crippen LogP contribution is -2.30. The van der Waals surface area contributed by atoms with Crippen molar-refractivity contribution in [3.05, 3.63) is 115 Å². The van der Waals surface area contributed by atoms with Crippen molar-refractivity contribution >= 4 is 16.9 Å². The minimum Gasteiger partial charge on any atom is -0.482 e. The van der Waals surface area contributed by atoms with Crippen LogP contribution in [0.25, 0.3) is 0 Å². The van der Waals surface area contributed by atoms with Crippen LogP contribution in [-0.2, 0) is 26.0 Å². The Hall–Kier alpha value is -4.42. The lowest BCUT2D eigenvalue weighted by Gasteiger charge is -2.24. The summed E-state index contributed by atoms with van der Waals surface area (Å²) < 4.78 is 65.7. The normalized spacial score (nSPS) is 13.4. The number of ether oxygens (including phenoxy) is 3. The van der Waals surface area contributed by atoms with E-state index >= 15 is 0 Å². The molecule has 4 rings (SSSR count). The van der Waals surface area contributed by atoms with E-state index in [0.717, 1.165) is 26.8 Å². The molecule has 40 heavy (non-hydrogen) atoms. The lowest BCUT2D eigenvalue weighted by molar-refractivity contribution is -0.274. The fraction of sp³-hybridized carbons (Fsp3) is 0.129. The quantitative estimate of drug-likeness (QED) is 0.0922. The second kappa shape index (κ2) is 12.2. The maximum Gasteiger partial charge on any atom is 0.573 e. The highest BCUT2D eigenvalue weighted by Gasteiger charge is 2.33. The van der Waals surface area contributed by atoms with Gasteiger partial charge in [0, 0.05) is 5.56 Å². The van der Waals surface area contributed by atoms with Crippen LogP contribution in [0, 0.1) is 18.2 Å². The van der Waals surface area contributed by atoms with E-state index in [9.17, 15) is 22.4 Å². The highest BCUT2D eigenvalue weighted by molar-refractivity contribution is 7.97. The maximum absolute atomic E-state index is 13.5. The van der Waals surface area contributed by atoms with E-state index in [2.05, 4.69) is 10.7 Å². The molecule has 4 aromatic carbocycles. The number of carbonyl (C=O) groups excluding carboxylic acids is 1. The summed E-state index contributed by atoms with van der Waals surface area (Å²) in [6, 6.07) is 28.1. The van der Waals surface area contributed by atoms with Gasteiger partial charge in [-0.2, -0.15) is 0 Å². The summed E-state index contributed by atoms with van der Waals surface area (Å²) in [6.07, 6.45) is 0.754. The largest absolute Gasteiger partial charge is 0.573 e. The highest BCUT2D eigenvalue weighted by atomic mass is 32.2. The topological polar surface area (TPSA) is 44.8 Å². The first-order chi connectivity index (χ1) is 19.1. The second-order valence-corrected chi connectivity index (χ2v) is 10.6. The molecule has 2 unspecified atom stereocenters. The molecular formula is C31H23F4O4S+. The van der Waals surface area contributed by atoms with E-state index in [1.165, 1.54) is 31.2 Å². The molecule has 0 amide bonds. The minimum absolute atomic E-state index is 0.288. The zero-order chi connectivity index (χ0) is 28.8. The summed E-state index contributed by atoms with van der Waals surface area (Å²) in [5.74, 6) is 1.26. The molecule has 0 aliphatic rings. The molecular weight excluding hydrogens is 544 g/mol. The fourth-order valence-corrected chi connectivity index (χ4v) is 5.82. The van der Waals surface area contributed by atoms with Gasteiger partial charge in [-0.15, -0.1) is 19.6 Å². The molecule has 0 bridgehead atoms. The molecule has 0 aliphatic carbocycles. The number of halogens is 4. The van der Waals surface area contributed by atoms with E-state index in [1.807, 2.05) is 42.5 Å². The fourth-order valence-electron chi connectivity index (χ4n) is 3.75. The number of alkyl halides is 3. The van der Waals surface area contributed by atoms with E-state index < -0.39 is 41.2 Å². The van der Waals surface area contributed by atoms with Crippen LogP contribution in [0.15, 0.2) is 118 Å². The van der Waals surface area contributed by atoms with Gasteiger partial charge in [0.25, 0.3) is 0 Å². The van der Waals surface area contributed by atoms with Gasteiger partial charge < -0.3 is 14.2 Å². The first-order valence-corrected chi connectivity index (χ1v) is 13.1. The van der Waals surface area contributed by atoms with Crippen LogP contribution >= 0.6 is 0 Å². The average molecular weight is 568 g/mol. The second-order valence-electron chi connectivity index (χ2n) is 8.56. The van der Waals surface area contributed by atoms with Gasteiger partial charge in [-0.3, -0.25) is 0 Å². The molecule has 0 saturated heterocycles. The molecule has 0 aliphatic heterocycles. The van der Waals surface area contributed by atoms with E-state index in [1.54, 1.807) is 24.3 Å². The van der Waals surface area contributed by atoms with E-state index in [0.29, 0.717) is 5.75 Å². The van der Waals surface area contributed by atoms with Gasteiger partial charge in [0.2, 0.25) is 0 Å². The molecule has 0 radical (unpaired) electrons. The van der Waals surface area contributed by atoms with Crippen LogP contribution < -0.4 is 9.47 Å². The zero-order valence-corrected chi connectivity index (χ0v) is 22.0. The third-order valence-electron chi connectivity index (χ3n) is 5.68. The van der Waals surface area contributed by atoms with Crippen molar-refractivity contribution in [3.63, 3.8) is 0 Å². The van der Waals surface area contributed by atoms with E-state index in [4.69, 9.17) is 15.9 Å². The molecule has 4 aromatic rings. The predicted octanol–water partition coefficient (Wildman–Crippen LogP) is 7.29. The first kappa shape index (κ1) is 28.6. The summed E-state index contributed by atoms with van der Waals surface area (Å²) >= 11 is 0. The molecule has 9 heteroatoms. The Morgan fingerprint density at radius 1 is 0.800 bits per heavy atom. The number of benzene rings is 4. The summed E-state index contributed by atoms with van der Waals surface area (Å²) in [7, 11) is -0.495. The Labute approximate surface area is 231 Å². The number of rotatable bonds is 9. The molecule has 0 aromatic heterocycles. The van der Waals surface area contributed by atoms with Crippen molar-refractivity contribution in [2.45, 2.75) is 33.6 Å².